The summed E-state index contributed by atoms with van der Waals surface area (Å²) in [6, 6.07) is 16.6. The Kier molecular flexibility index (Phi) is 5.11. The minimum atomic E-state index is -0.898. The van der Waals surface area contributed by atoms with Gasteiger partial charge in [-0.15, -0.1) is 11.3 Å². The molecule has 2 N–H and O–H groups in total. The third-order valence-corrected chi connectivity index (χ3v) is 6.79. The SMILES string of the molecule is Cc1nn(Cc2ccc(Cl)cc2)c2sc(C(=O)N3C[C@H](C(N)=O)Oc4ccccc43)cc12. The largest absolute Gasteiger partial charge is 0.477 e. The van der Waals surface area contributed by atoms with Crippen molar-refractivity contribution in [1.82, 2.24) is 9.78 Å². The average Bonchev–Trinajstić information content (AvgIpc) is 3.35. The van der Waals surface area contributed by atoms with E-state index in [4.69, 9.17) is 22.1 Å². The van der Waals surface area contributed by atoms with Gasteiger partial charge in [0.05, 0.1) is 29.3 Å². The van der Waals surface area contributed by atoms with Crippen LogP contribution in [-0.4, -0.2) is 34.2 Å². The van der Waals surface area contributed by atoms with E-state index < -0.39 is 12.0 Å². The maximum absolute atomic E-state index is 13.5. The fraction of sp³-hybridized carbons (Fsp3) is 0.174. The molecule has 0 spiro atoms. The van der Waals surface area contributed by atoms with Crippen molar-refractivity contribution in [3.63, 3.8) is 0 Å². The van der Waals surface area contributed by atoms with Crippen LogP contribution in [0.5, 0.6) is 5.75 Å². The average molecular weight is 467 g/mol. The number of primary amides is 1. The number of hydrogen-bond acceptors (Lipinski definition) is 5. The number of carbonyl (C=O) groups is 2. The van der Waals surface area contributed by atoms with Crippen LogP contribution in [0.15, 0.2) is 54.6 Å². The number of nitrogens with two attached hydrogens (primary N) is 1. The first-order chi connectivity index (χ1) is 15.4. The van der Waals surface area contributed by atoms with Gasteiger partial charge in [0.25, 0.3) is 11.8 Å². The fourth-order valence-electron chi connectivity index (χ4n) is 3.80. The zero-order valence-electron chi connectivity index (χ0n) is 17.1. The zero-order valence-corrected chi connectivity index (χ0v) is 18.7. The summed E-state index contributed by atoms with van der Waals surface area (Å²) in [5.41, 5.74) is 8.00. The molecule has 0 radical (unpaired) electrons. The monoisotopic (exact) mass is 466 g/mol. The normalized spacial score (nSPS) is 15.4. The highest BCUT2D eigenvalue weighted by Gasteiger charge is 2.34. The number of fused-ring (bicyclic) bond motifs is 2. The predicted molar refractivity (Wildman–Crippen MR) is 125 cm³/mol. The van der Waals surface area contributed by atoms with Gasteiger partial charge in [0.15, 0.2) is 6.10 Å². The quantitative estimate of drug-likeness (QED) is 0.492. The lowest BCUT2D eigenvalue weighted by atomic mass is 10.1. The summed E-state index contributed by atoms with van der Waals surface area (Å²) in [5.74, 6) is -0.351. The molecule has 1 atom stereocenters. The summed E-state index contributed by atoms with van der Waals surface area (Å²) < 4.78 is 7.58. The van der Waals surface area contributed by atoms with Gasteiger partial charge >= 0.3 is 0 Å². The molecule has 1 aliphatic rings. The van der Waals surface area contributed by atoms with E-state index in [9.17, 15) is 9.59 Å². The molecular formula is C23H19ClN4O3S. The lowest BCUT2D eigenvalue weighted by molar-refractivity contribution is -0.124. The number of hydrogen-bond donors (Lipinski definition) is 1. The Balaban J connectivity index is 1.50. The van der Waals surface area contributed by atoms with Crippen molar-refractivity contribution in [2.24, 2.45) is 5.73 Å². The number of thiophene rings is 1. The van der Waals surface area contributed by atoms with Crippen LogP contribution in [0, 0.1) is 6.92 Å². The Morgan fingerprint density at radius 1 is 1.22 bits per heavy atom. The summed E-state index contributed by atoms with van der Waals surface area (Å²) in [6.07, 6.45) is -0.898. The lowest BCUT2D eigenvalue weighted by Crippen LogP contribution is -2.49. The van der Waals surface area contributed by atoms with Crippen molar-refractivity contribution in [2.75, 3.05) is 11.4 Å². The Bertz CT molecular complexity index is 1350. The molecule has 0 bridgehead atoms. The van der Waals surface area contributed by atoms with Gasteiger partial charge in [-0.1, -0.05) is 35.9 Å². The Hall–Kier alpha value is -3.36. The van der Waals surface area contributed by atoms with Crippen LogP contribution in [-0.2, 0) is 11.3 Å². The van der Waals surface area contributed by atoms with Crippen LogP contribution in [0.25, 0.3) is 10.2 Å². The highest BCUT2D eigenvalue weighted by Crippen LogP contribution is 2.36. The molecule has 2 amide bonds. The molecule has 2 aromatic carbocycles. The van der Waals surface area contributed by atoms with E-state index in [0.29, 0.717) is 27.9 Å². The van der Waals surface area contributed by atoms with Gasteiger partial charge in [-0.2, -0.15) is 5.10 Å². The van der Waals surface area contributed by atoms with Gasteiger partial charge in [-0.3, -0.25) is 19.2 Å². The molecule has 3 heterocycles. The van der Waals surface area contributed by atoms with Crippen LogP contribution < -0.4 is 15.4 Å². The number of ether oxygens (including phenoxy) is 1. The zero-order chi connectivity index (χ0) is 22.4. The molecule has 2 aromatic heterocycles. The first kappa shape index (κ1) is 20.5. The van der Waals surface area contributed by atoms with Gasteiger partial charge < -0.3 is 10.5 Å². The third-order valence-electron chi connectivity index (χ3n) is 5.40. The van der Waals surface area contributed by atoms with Crippen molar-refractivity contribution >= 4 is 50.7 Å². The molecule has 0 aliphatic carbocycles. The van der Waals surface area contributed by atoms with Gasteiger partial charge in [-0.25, -0.2) is 0 Å². The van der Waals surface area contributed by atoms with Crippen molar-refractivity contribution in [3.8, 4) is 5.75 Å². The molecule has 0 saturated heterocycles. The maximum Gasteiger partial charge on any atom is 0.268 e. The topological polar surface area (TPSA) is 90.5 Å². The van der Waals surface area contributed by atoms with Crippen molar-refractivity contribution < 1.29 is 14.3 Å². The number of aryl methyl sites for hydroxylation is 1. The second-order valence-electron chi connectivity index (χ2n) is 7.59. The molecule has 162 valence electrons. The minimum Gasteiger partial charge on any atom is -0.477 e. The Labute approximate surface area is 192 Å². The molecule has 1 aliphatic heterocycles. The number of nitrogens with zero attached hydrogens (tertiary/aromatic N) is 3. The molecule has 0 fully saturated rings. The van der Waals surface area contributed by atoms with Crippen LogP contribution in [0.1, 0.15) is 20.9 Å². The summed E-state index contributed by atoms with van der Waals surface area (Å²) in [4.78, 5) is 28.3. The number of carbonyl (C=O) groups excluding carboxylic acids is 2. The first-order valence-electron chi connectivity index (χ1n) is 9.99. The highest BCUT2D eigenvalue weighted by atomic mass is 35.5. The summed E-state index contributed by atoms with van der Waals surface area (Å²) in [7, 11) is 0. The molecule has 0 saturated carbocycles. The smallest absolute Gasteiger partial charge is 0.268 e. The van der Waals surface area contributed by atoms with E-state index in [1.807, 2.05) is 48.0 Å². The second kappa shape index (κ2) is 7.96. The van der Waals surface area contributed by atoms with Crippen LogP contribution in [0.4, 0.5) is 5.69 Å². The molecule has 32 heavy (non-hydrogen) atoms. The summed E-state index contributed by atoms with van der Waals surface area (Å²) in [6.45, 7) is 2.56. The van der Waals surface area contributed by atoms with E-state index in [2.05, 4.69) is 5.10 Å². The molecule has 9 heteroatoms. The van der Waals surface area contributed by atoms with Crippen molar-refractivity contribution in [1.29, 1.82) is 0 Å². The Morgan fingerprint density at radius 3 is 2.72 bits per heavy atom. The van der Waals surface area contributed by atoms with Crippen LogP contribution >= 0.6 is 22.9 Å². The Morgan fingerprint density at radius 2 is 1.97 bits per heavy atom. The van der Waals surface area contributed by atoms with Crippen molar-refractivity contribution in [2.45, 2.75) is 19.6 Å². The minimum absolute atomic E-state index is 0.0648. The van der Waals surface area contributed by atoms with Gasteiger partial charge in [0.2, 0.25) is 0 Å². The molecule has 7 nitrogen and oxygen atoms in total. The molecular weight excluding hydrogens is 448 g/mol. The summed E-state index contributed by atoms with van der Waals surface area (Å²) >= 11 is 7.37. The van der Waals surface area contributed by atoms with E-state index in [1.165, 1.54) is 11.3 Å². The number of benzene rings is 2. The summed E-state index contributed by atoms with van der Waals surface area (Å²) in [5, 5.41) is 6.25. The molecule has 4 aromatic rings. The standard InChI is InChI=1S/C23H19ClN4O3S/c1-13-16-10-20(32-23(16)28(26-13)11-14-6-8-15(24)9-7-14)22(30)27-12-19(21(25)29)31-18-5-3-2-4-17(18)27/h2-10,19H,11-12H2,1H3,(H2,25,29)/t19-/m1/s1. The number of amides is 2. The lowest BCUT2D eigenvalue weighted by Gasteiger charge is -2.33. The van der Waals surface area contributed by atoms with E-state index in [0.717, 1.165) is 21.5 Å². The number of anilines is 1. The number of rotatable bonds is 4. The van der Waals surface area contributed by atoms with E-state index >= 15 is 0 Å². The van der Waals surface area contributed by atoms with E-state index in [1.54, 1.807) is 23.1 Å². The second-order valence-corrected chi connectivity index (χ2v) is 9.06. The molecule has 0 unspecified atom stereocenters. The number of aromatic nitrogens is 2. The van der Waals surface area contributed by atoms with Gasteiger partial charge in [-0.05, 0) is 42.8 Å². The van der Waals surface area contributed by atoms with Crippen molar-refractivity contribution in [3.05, 3.63) is 75.8 Å². The molecule has 5 rings (SSSR count). The van der Waals surface area contributed by atoms with Crippen LogP contribution in [0.3, 0.4) is 0 Å². The maximum atomic E-state index is 13.5. The number of para-hydroxylation sites is 2. The highest BCUT2D eigenvalue weighted by molar-refractivity contribution is 7.20. The van der Waals surface area contributed by atoms with Gasteiger partial charge in [0.1, 0.15) is 10.6 Å². The first-order valence-corrected chi connectivity index (χ1v) is 11.2. The predicted octanol–water partition coefficient (Wildman–Crippen LogP) is 4.00. The third kappa shape index (κ3) is 3.61. The van der Waals surface area contributed by atoms with Crippen LogP contribution in [0.2, 0.25) is 5.02 Å². The van der Waals surface area contributed by atoms with E-state index in [-0.39, 0.29) is 12.5 Å². The van der Waals surface area contributed by atoms with Gasteiger partial charge in [0, 0.05) is 10.4 Å². The number of halogens is 1. The fourth-order valence-corrected chi connectivity index (χ4v) is 5.03.